The number of rotatable bonds is 7. The second-order valence-corrected chi connectivity index (χ2v) is 5.34. The van der Waals surface area contributed by atoms with Crippen LogP contribution in [0.1, 0.15) is 36.8 Å². The number of nitrogens with one attached hydrogen (secondary N) is 1. The first-order valence-corrected chi connectivity index (χ1v) is 7.56. The normalized spacial score (nSPS) is 12.4. The highest BCUT2D eigenvalue weighted by Crippen LogP contribution is 2.26. The van der Waals surface area contributed by atoms with Gasteiger partial charge < -0.3 is 14.6 Å². The SMILES string of the molecule is CCNC(C)c1cc(C)ccc1OCCn1ccnc1C. The van der Waals surface area contributed by atoms with Gasteiger partial charge in [-0.15, -0.1) is 0 Å². The predicted octanol–water partition coefficient (Wildman–Crippen LogP) is 3.25. The van der Waals surface area contributed by atoms with Gasteiger partial charge in [-0.05, 0) is 33.4 Å². The van der Waals surface area contributed by atoms with Crippen LogP contribution in [-0.2, 0) is 6.54 Å². The van der Waals surface area contributed by atoms with E-state index in [0.29, 0.717) is 12.6 Å². The highest BCUT2D eigenvalue weighted by atomic mass is 16.5. The Morgan fingerprint density at radius 3 is 2.81 bits per heavy atom. The summed E-state index contributed by atoms with van der Waals surface area (Å²) in [5, 5.41) is 3.45. The molecule has 2 rings (SSSR count). The van der Waals surface area contributed by atoms with Gasteiger partial charge in [0.2, 0.25) is 0 Å². The molecule has 0 bridgehead atoms. The van der Waals surface area contributed by atoms with Crippen LogP contribution < -0.4 is 10.1 Å². The summed E-state index contributed by atoms with van der Waals surface area (Å²) in [6.45, 7) is 10.8. The van der Waals surface area contributed by atoms with Crippen LogP contribution in [0.4, 0.5) is 0 Å². The van der Waals surface area contributed by atoms with Crippen molar-refractivity contribution in [3.05, 3.63) is 47.5 Å². The van der Waals surface area contributed by atoms with Gasteiger partial charge in [-0.3, -0.25) is 0 Å². The van der Waals surface area contributed by atoms with E-state index in [0.717, 1.165) is 24.7 Å². The standard InChI is InChI=1S/C17H25N3O/c1-5-18-14(3)16-12-13(2)6-7-17(16)21-11-10-20-9-8-19-15(20)4/h6-9,12,14,18H,5,10-11H2,1-4H3. The number of hydrogen-bond acceptors (Lipinski definition) is 3. The number of benzene rings is 1. The Morgan fingerprint density at radius 1 is 1.33 bits per heavy atom. The van der Waals surface area contributed by atoms with E-state index in [9.17, 15) is 0 Å². The number of aryl methyl sites for hydroxylation is 2. The largest absolute Gasteiger partial charge is 0.491 e. The molecule has 2 aromatic rings. The first kappa shape index (κ1) is 15.6. The number of hydrogen-bond donors (Lipinski definition) is 1. The van der Waals surface area contributed by atoms with Crippen molar-refractivity contribution < 1.29 is 4.74 Å². The van der Waals surface area contributed by atoms with E-state index in [1.54, 1.807) is 0 Å². The summed E-state index contributed by atoms with van der Waals surface area (Å²) in [4.78, 5) is 4.22. The summed E-state index contributed by atoms with van der Waals surface area (Å²) >= 11 is 0. The van der Waals surface area contributed by atoms with Crippen LogP contribution in [-0.4, -0.2) is 22.7 Å². The van der Waals surface area contributed by atoms with E-state index in [-0.39, 0.29) is 0 Å². The average Bonchev–Trinajstić information content (AvgIpc) is 2.86. The van der Waals surface area contributed by atoms with Crippen LogP contribution in [0.2, 0.25) is 0 Å². The van der Waals surface area contributed by atoms with Gasteiger partial charge in [-0.25, -0.2) is 4.98 Å². The molecular formula is C17H25N3O. The molecule has 0 aliphatic carbocycles. The third-order valence-electron chi connectivity index (χ3n) is 3.66. The second-order valence-electron chi connectivity index (χ2n) is 5.34. The Labute approximate surface area is 127 Å². The van der Waals surface area contributed by atoms with Gasteiger partial charge in [0.25, 0.3) is 0 Å². The smallest absolute Gasteiger partial charge is 0.124 e. The van der Waals surface area contributed by atoms with Crippen molar-refractivity contribution in [3.63, 3.8) is 0 Å². The lowest BCUT2D eigenvalue weighted by Crippen LogP contribution is -2.19. The molecule has 1 N–H and O–H groups in total. The Morgan fingerprint density at radius 2 is 2.14 bits per heavy atom. The molecule has 1 heterocycles. The lowest BCUT2D eigenvalue weighted by Gasteiger charge is -2.18. The first-order chi connectivity index (χ1) is 10.1. The van der Waals surface area contributed by atoms with E-state index in [4.69, 9.17) is 4.74 Å². The zero-order chi connectivity index (χ0) is 15.2. The van der Waals surface area contributed by atoms with Gasteiger partial charge in [0, 0.05) is 24.0 Å². The predicted molar refractivity (Wildman–Crippen MR) is 85.7 cm³/mol. The number of imidazole rings is 1. The molecule has 4 heteroatoms. The number of ether oxygens (including phenoxy) is 1. The maximum absolute atomic E-state index is 6.00. The van der Waals surface area contributed by atoms with Crippen molar-refractivity contribution >= 4 is 0 Å². The van der Waals surface area contributed by atoms with Crippen LogP contribution in [0.15, 0.2) is 30.6 Å². The van der Waals surface area contributed by atoms with Crippen molar-refractivity contribution in [2.45, 2.75) is 40.3 Å². The van der Waals surface area contributed by atoms with Gasteiger partial charge in [-0.1, -0.05) is 24.6 Å². The summed E-state index contributed by atoms with van der Waals surface area (Å²) < 4.78 is 8.10. The molecule has 0 saturated carbocycles. The van der Waals surface area contributed by atoms with E-state index in [2.05, 4.69) is 53.8 Å². The lowest BCUT2D eigenvalue weighted by atomic mass is 10.0. The average molecular weight is 287 g/mol. The molecule has 1 atom stereocenters. The molecule has 0 radical (unpaired) electrons. The zero-order valence-electron chi connectivity index (χ0n) is 13.4. The molecule has 0 amide bonds. The minimum Gasteiger partial charge on any atom is -0.491 e. The molecule has 21 heavy (non-hydrogen) atoms. The maximum Gasteiger partial charge on any atom is 0.124 e. The third kappa shape index (κ3) is 4.08. The monoisotopic (exact) mass is 287 g/mol. The van der Waals surface area contributed by atoms with Crippen LogP contribution in [0, 0.1) is 13.8 Å². The Balaban J connectivity index is 2.03. The molecule has 0 aliphatic heterocycles. The highest BCUT2D eigenvalue weighted by Gasteiger charge is 2.11. The molecule has 1 aromatic carbocycles. The quantitative estimate of drug-likeness (QED) is 0.849. The molecule has 114 valence electrons. The minimum atomic E-state index is 0.292. The zero-order valence-corrected chi connectivity index (χ0v) is 13.4. The summed E-state index contributed by atoms with van der Waals surface area (Å²) in [5.41, 5.74) is 2.48. The molecular weight excluding hydrogens is 262 g/mol. The fourth-order valence-corrected chi connectivity index (χ4v) is 2.45. The van der Waals surface area contributed by atoms with Crippen molar-refractivity contribution in [1.29, 1.82) is 0 Å². The summed E-state index contributed by atoms with van der Waals surface area (Å²) in [7, 11) is 0. The van der Waals surface area contributed by atoms with Gasteiger partial charge in [-0.2, -0.15) is 0 Å². The van der Waals surface area contributed by atoms with Crippen LogP contribution in [0.5, 0.6) is 5.75 Å². The van der Waals surface area contributed by atoms with Crippen LogP contribution in [0.25, 0.3) is 0 Å². The molecule has 1 aromatic heterocycles. The topological polar surface area (TPSA) is 39.1 Å². The van der Waals surface area contributed by atoms with Gasteiger partial charge in [0.1, 0.15) is 18.2 Å². The highest BCUT2D eigenvalue weighted by molar-refractivity contribution is 5.39. The summed E-state index contributed by atoms with van der Waals surface area (Å²) in [5.74, 6) is 1.98. The third-order valence-corrected chi connectivity index (χ3v) is 3.66. The fourth-order valence-electron chi connectivity index (χ4n) is 2.45. The lowest BCUT2D eigenvalue weighted by molar-refractivity contribution is 0.291. The summed E-state index contributed by atoms with van der Waals surface area (Å²) in [6, 6.07) is 6.66. The van der Waals surface area contributed by atoms with E-state index in [1.165, 1.54) is 11.1 Å². The Bertz CT molecular complexity index is 577. The number of aromatic nitrogens is 2. The van der Waals surface area contributed by atoms with Crippen LogP contribution in [0.3, 0.4) is 0 Å². The van der Waals surface area contributed by atoms with Crippen molar-refractivity contribution in [2.24, 2.45) is 0 Å². The van der Waals surface area contributed by atoms with E-state index < -0.39 is 0 Å². The maximum atomic E-state index is 6.00. The van der Waals surface area contributed by atoms with Crippen molar-refractivity contribution in [3.8, 4) is 5.75 Å². The fraction of sp³-hybridized carbons (Fsp3) is 0.471. The molecule has 0 aliphatic rings. The molecule has 0 saturated heterocycles. The van der Waals surface area contributed by atoms with Gasteiger partial charge in [0.15, 0.2) is 0 Å². The minimum absolute atomic E-state index is 0.292. The second kappa shape index (κ2) is 7.27. The number of nitrogens with zero attached hydrogens (tertiary/aromatic N) is 2. The Kier molecular flexibility index (Phi) is 5.39. The van der Waals surface area contributed by atoms with Crippen molar-refractivity contribution in [2.75, 3.05) is 13.2 Å². The first-order valence-electron chi connectivity index (χ1n) is 7.56. The van der Waals surface area contributed by atoms with Gasteiger partial charge >= 0.3 is 0 Å². The summed E-state index contributed by atoms with van der Waals surface area (Å²) in [6.07, 6.45) is 3.80. The molecule has 0 spiro atoms. The van der Waals surface area contributed by atoms with Gasteiger partial charge in [0.05, 0.1) is 6.54 Å². The van der Waals surface area contributed by atoms with E-state index in [1.807, 2.05) is 19.3 Å². The van der Waals surface area contributed by atoms with Crippen LogP contribution >= 0.6 is 0 Å². The molecule has 1 unspecified atom stereocenters. The van der Waals surface area contributed by atoms with Crippen molar-refractivity contribution in [1.82, 2.24) is 14.9 Å². The molecule has 4 nitrogen and oxygen atoms in total. The molecule has 0 fully saturated rings. The van der Waals surface area contributed by atoms with E-state index >= 15 is 0 Å². The Hall–Kier alpha value is -1.81.